The van der Waals surface area contributed by atoms with Gasteiger partial charge in [-0.2, -0.15) is 0 Å². The molecule has 138 valence electrons. The number of ether oxygens (including phenoxy) is 1. The Morgan fingerprint density at radius 3 is 2.19 bits per heavy atom. The summed E-state index contributed by atoms with van der Waals surface area (Å²) >= 11 is 12.4. The maximum atomic E-state index is 12.5. The topological polar surface area (TPSA) is 32.8 Å². The number of carbonyl (C=O) groups is 1. The van der Waals surface area contributed by atoms with Crippen LogP contribution in [0.3, 0.4) is 0 Å². The number of piperazine rings is 1. The highest BCUT2D eigenvalue weighted by molar-refractivity contribution is 6.36. The van der Waals surface area contributed by atoms with E-state index in [0.29, 0.717) is 22.9 Å². The van der Waals surface area contributed by atoms with Gasteiger partial charge in [-0.05, 0) is 48.4 Å². The molecule has 0 spiro atoms. The van der Waals surface area contributed by atoms with Gasteiger partial charge in [0.15, 0.2) is 0 Å². The van der Waals surface area contributed by atoms with Crippen molar-refractivity contribution in [3.8, 4) is 5.75 Å². The minimum atomic E-state index is 0.148. The highest BCUT2D eigenvalue weighted by Crippen LogP contribution is 2.26. The van der Waals surface area contributed by atoms with Crippen molar-refractivity contribution in [2.45, 2.75) is 12.8 Å². The van der Waals surface area contributed by atoms with E-state index in [4.69, 9.17) is 27.9 Å². The van der Waals surface area contributed by atoms with Crippen molar-refractivity contribution in [2.75, 3.05) is 38.2 Å². The Labute approximate surface area is 164 Å². The van der Waals surface area contributed by atoms with Gasteiger partial charge >= 0.3 is 0 Å². The molecule has 4 nitrogen and oxygen atoms in total. The average molecular weight is 393 g/mol. The van der Waals surface area contributed by atoms with Crippen LogP contribution >= 0.6 is 23.2 Å². The summed E-state index contributed by atoms with van der Waals surface area (Å²) in [5.74, 6) is 0.996. The van der Waals surface area contributed by atoms with Crippen molar-refractivity contribution < 1.29 is 9.53 Å². The maximum absolute atomic E-state index is 12.5. The van der Waals surface area contributed by atoms with Gasteiger partial charge in [0.05, 0.1) is 7.11 Å². The Balaban J connectivity index is 1.51. The molecule has 0 saturated carbocycles. The van der Waals surface area contributed by atoms with Crippen LogP contribution in [0.4, 0.5) is 5.69 Å². The first-order valence-electron chi connectivity index (χ1n) is 8.68. The van der Waals surface area contributed by atoms with Crippen molar-refractivity contribution in [3.05, 3.63) is 58.1 Å². The van der Waals surface area contributed by atoms with E-state index in [1.54, 1.807) is 19.2 Å². The summed E-state index contributed by atoms with van der Waals surface area (Å²) < 4.78 is 5.19. The molecule has 1 aliphatic heterocycles. The van der Waals surface area contributed by atoms with Crippen molar-refractivity contribution in [3.63, 3.8) is 0 Å². The van der Waals surface area contributed by atoms with Gasteiger partial charge in [0.1, 0.15) is 5.75 Å². The third-order valence-electron chi connectivity index (χ3n) is 4.72. The summed E-state index contributed by atoms with van der Waals surface area (Å²) in [6.07, 6.45) is 0.988. The molecule has 1 fully saturated rings. The number of rotatable bonds is 5. The number of anilines is 1. The minimum absolute atomic E-state index is 0.148. The van der Waals surface area contributed by atoms with E-state index in [-0.39, 0.29) is 5.91 Å². The quantitative estimate of drug-likeness (QED) is 0.760. The molecule has 2 aromatic carbocycles. The maximum Gasteiger partial charge on any atom is 0.223 e. The summed E-state index contributed by atoms with van der Waals surface area (Å²) in [5, 5.41) is 1.24. The lowest BCUT2D eigenvalue weighted by molar-refractivity contribution is -0.131. The first-order valence-corrected chi connectivity index (χ1v) is 9.44. The minimum Gasteiger partial charge on any atom is -0.497 e. The van der Waals surface area contributed by atoms with Crippen LogP contribution in [-0.4, -0.2) is 44.1 Å². The summed E-state index contributed by atoms with van der Waals surface area (Å²) in [4.78, 5) is 16.7. The number of hydrogen-bond acceptors (Lipinski definition) is 3. The van der Waals surface area contributed by atoms with E-state index < -0.39 is 0 Å². The zero-order valence-corrected chi connectivity index (χ0v) is 16.3. The van der Waals surface area contributed by atoms with Crippen LogP contribution in [0.25, 0.3) is 0 Å². The molecular formula is C20H22Cl2N2O2. The fraction of sp³-hybridized carbons (Fsp3) is 0.350. The predicted octanol–water partition coefficient (Wildman–Crippen LogP) is 4.28. The van der Waals surface area contributed by atoms with Gasteiger partial charge in [0.25, 0.3) is 0 Å². The molecule has 1 aliphatic rings. The highest BCUT2D eigenvalue weighted by Gasteiger charge is 2.21. The van der Waals surface area contributed by atoms with Crippen LogP contribution < -0.4 is 9.64 Å². The Kier molecular flexibility index (Phi) is 6.28. The Hall–Kier alpha value is -1.91. The van der Waals surface area contributed by atoms with Gasteiger partial charge in [-0.1, -0.05) is 29.3 Å². The van der Waals surface area contributed by atoms with E-state index in [9.17, 15) is 4.79 Å². The van der Waals surface area contributed by atoms with Gasteiger partial charge in [0, 0.05) is 48.3 Å². The zero-order chi connectivity index (χ0) is 18.5. The molecule has 1 saturated heterocycles. The molecule has 0 radical (unpaired) electrons. The van der Waals surface area contributed by atoms with Crippen molar-refractivity contribution in [1.82, 2.24) is 4.90 Å². The molecule has 0 unspecified atom stereocenters. The van der Waals surface area contributed by atoms with Crippen molar-refractivity contribution >= 4 is 34.8 Å². The van der Waals surface area contributed by atoms with Crippen molar-refractivity contribution in [1.29, 1.82) is 0 Å². The van der Waals surface area contributed by atoms with Gasteiger partial charge in [0.2, 0.25) is 5.91 Å². The lowest BCUT2D eigenvalue weighted by Gasteiger charge is -2.36. The normalized spacial score (nSPS) is 14.4. The van der Waals surface area contributed by atoms with E-state index in [1.807, 2.05) is 23.1 Å². The molecule has 6 heteroatoms. The zero-order valence-electron chi connectivity index (χ0n) is 14.8. The van der Waals surface area contributed by atoms with Crippen LogP contribution in [0.5, 0.6) is 5.75 Å². The van der Waals surface area contributed by atoms with E-state index >= 15 is 0 Å². The second kappa shape index (κ2) is 8.65. The molecule has 2 aromatic rings. The lowest BCUT2D eigenvalue weighted by Crippen LogP contribution is -2.48. The molecule has 0 aliphatic carbocycles. The van der Waals surface area contributed by atoms with Gasteiger partial charge in [-0.3, -0.25) is 4.79 Å². The second-order valence-corrected chi connectivity index (χ2v) is 7.08. The smallest absolute Gasteiger partial charge is 0.223 e. The molecule has 3 rings (SSSR count). The van der Waals surface area contributed by atoms with E-state index in [0.717, 1.165) is 43.2 Å². The van der Waals surface area contributed by atoms with E-state index in [2.05, 4.69) is 17.0 Å². The third kappa shape index (κ3) is 4.43. The number of nitrogens with zero attached hydrogens (tertiary/aromatic N) is 2. The Morgan fingerprint density at radius 1 is 1.00 bits per heavy atom. The first kappa shape index (κ1) is 18.9. The summed E-state index contributed by atoms with van der Waals surface area (Å²) in [6.45, 7) is 3.10. The summed E-state index contributed by atoms with van der Waals surface area (Å²) in [6, 6.07) is 13.4. The molecule has 0 N–H and O–H groups in total. The van der Waals surface area contributed by atoms with Crippen LogP contribution in [0, 0.1) is 0 Å². The first-order chi connectivity index (χ1) is 12.6. The number of methoxy groups -OCH3 is 1. The predicted molar refractivity (Wildman–Crippen MR) is 107 cm³/mol. The third-order valence-corrected chi connectivity index (χ3v) is 5.43. The fourth-order valence-electron chi connectivity index (χ4n) is 3.17. The lowest BCUT2D eigenvalue weighted by atomic mass is 10.1. The molecule has 1 heterocycles. The SMILES string of the molecule is COc1ccc(N2CCN(C(=O)CCc3c(Cl)cccc3Cl)CC2)cc1. The molecular weight excluding hydrogens is 371 g/mol. The number of halogens is 2. The largest absolute Gasteiger partial charge is 0.497 e. The second-order valence-electron chi connectivity index (χ2n) is 6.27. The van der Waals surface area contributed by atoms with E-state index in [1.165, 1.54) is 0 Å². The van der Waals surface area contributed by atoms with Crippen LogP contribution in [0.2, 0.25) is 10.0 Å². The fourth-order valence-corrected chi connectivity index (χ4v) is 3.75. The van der Waals surface area contributed by atoms with Gasteiger partial charge in [-0.25, -0.2) is 0 Å². The molecule has 1 amide bonds. The monoisotopic (exact) mass is 392 g/mol. The number of benzene rings is 2. The molecule has 0 aromatic heterocycles. The number of carbonyl (C=O) groups excluding carboxylic acids is 1. The molecule has 26 heavy (non-hydrogen) atoms. The van der Waals surface area contributed by atoms with Crippen molar-refractivity contribution in [2.24, 2.45) is 0 Å². The number of hydrogen-bond donors (Lipinski definition) is 0. The Morgan fingerprint density at radius 2 is 1.62 bits per heavy atom. The van der Waals surface area contributed by atoms with Crippen LogP contribution in [0.15, 0.2) is 42.5 Å². The standard InChI is InChI=1S/C20H22Cl2N2O2/c1-26-16-7-5-15(6-8-16)23-11-13-24(14-12-23)20(25)10-9-17-18(21)3-2-4-19(17)22/h2-8H,9-14H2,1H3. The molecule has 0 atom stereocenters. The average Bonchev–Trinajstić information content (AvgIpc) is 2.67. The summed E-state index contributed by atoms with van der Waals surface area (Å²) in [5.41, 5.74) is 2.00. The summed E-state index contributed by atoms with van der Waals surface area (Å²) in [7, 11) is 1.66. The van der Waals surface area contributed by atoms with Gasteiger partial charge < -0.3 is 14.5 Å². The molecule has 0 bridgehead atoms. The highest BCUT2D eigenvalue weighted by atomic mass is 35.5. The van der Waals surface area contributed by atoms with Crippen LogP contribution in [-0.2, 0) is 11.2 Å². The van der Waals surface area contributed by atoms with Crippen LogP contribution in [0.1, 0.15) is 12.0 Å². The Bertz CT molecular complexity index is 737. The van der Waals surface area contributed by atoms with Gasteiger partial charge in [-0.15, -0.1) is 0 Å². The number of amides is 1.